The van der Waals surface area contributed by atoms with Gasteiger partial charge in [-0.25, -0.2) is 0 Å². The van der Waals surface area contributed by atoms with Crippen molar-refractivity contribution in [2.75, 3.05) is 5.32 Å². The fourth-order valence-electron chi connectivity index (χ4n) is 2.18. The first-order valence-electron chi connectivity index (χ1n) is 6.40. The van der Waals surface area contributed by atoms with Crippen molar-refractivity contribution in [3.05, 3.63) is 35.4 Å². The number of pyridine rings is 1. The van der Waals surface area contributed by atoms with Gasteiger partial charge < -0.3 is 0 Å². The van der Waals surface area contributed by atoms with E-state index in [1.165, 1.54) is 0 Å². The molecule has 2 aromatic rings. The Labute approximate surface area is 110 Å². The van der Waals surface area contributed by atoms with E-state index in [0.29, 0.717) is 11.5 Å². The van der Waals surface area contributed by atoms with Crippen LogP contribution in [-0.2, 0) is 13.0 Å². The molecule has 2 aromatic heterocycles. The molecule has 6 heteroatoms. The lowest BCUT2D eigenvalue weighted by Gasteiger charge is -2.14. The molecule has 3 heterocycles. The van der Waals surface area contributed by atoms with Gasteiger partial charge in [-0.15, -0.1) is 10.2 Å². The smallest absolute Gasteiger partial charge is 0.259 e. The van der Waals surface area contributed by atoms with Crippen LogP contribution in [0, 0.1) is 6.92 Å². The predicted octanol–water partition coefficient (Wildman–Crippen LogP) is 1.57. The molecular weight excluding hydrogens is 242 g/mol. The van der Waals surface area contributed by atoms with Crippen LogP contribution in [-0.4, -0.2) is 25.7 Å². The Hall–Kier alpha value is -2.24. The van der Waals surface area contributed by atoms with Gasteiger partial charge in [-0.3, -0.25) is 19.7 Å². The summed E-state index contributed by atoms with van der Waals surface area (Å²) in [6, 6.07) is 3.57. The molecule has 0 unspecified atom stereocenters. The molecule has 0 atom stereocenters. The molecule has 3 rings (SSSR count). The molecule has 0 bridgehead atoms. The van der Waals surface area contributed by atoms with E-state index in [2.05, 4.69) is 20.5 Å². The van der Waals surface area contributed by atoms with Crippen LogP contribution in [0.1, 0.15) is 34.7 Å². The molecule has 19 heavy (non-hydrogen) atoms. The van der Waals surface area contributed by atoms with Gasteiger partial charge in [0.1, 0.15) is 5.82 Å². The predicted molar refractivity (Wildman–Crippen MR) is 69.9 cm³/mol. The summed E-state index contributed by atoms with van der Waals surface area (Å²) in [7, 11) is 0. The minimum Gasteiger partial charge on any atom is -0.297 e. The van der Waals surface area contributed by atoms with Crippen molar-refractivity contribution in [2.45, 2.75) is 32.7 Å². The molecule has 0 fully saturated rings. The molecule has 0 radical (unpaired) electrons. The number of amides is 1. The summed E-state index contributed by atoms with van der Waals surface area (Å²) in [5, 5.41) is 10.9. The van der Waals surface area contributed by atoms with Crippen LogP contribution < -0.4 is 5.32 Å². The third-order valence-electron chi connectivity index (χ3n) is 3.26. The van der Waals surface area contributed by atoms with Crippen LogP contribution >= 0.6 is 0 Å². The number of nitrogens with one attached hydrogen (secondary N) is 1. The zero-order valence-corrected chi connectivity index (χ0v) is 10.8. The molecule has 0 aromatic carbocycles. The van der Waals surface area contributed by atoms with Crippen molar-refractivity contribution >= 4 is 11.9 Å². The van der Waals surface area contributed by atoms with Crippen LogP contribution in [0.4, 0.5) is 5.95 Å². The molecule has 0 saturated heterocycles. The molecular formula is C13H15N5O. The molecule has 1 aliphatic rings. The maximum atomic E-state index is 12.1. The van der Waals surface area contributed by atoms with Gasteiger partial charge in [0.25, 0.3) is 5.91 Å². The van der Waals surface area contributed by atoms with E-state index in [0.717, 1.165) is 37.3 Å². The lowest BCUT2D eigenvalue weighted by atomic mass is 10.2. The number of carbonyl (C=O) groups excluding carboxylic acids is 1. The summed E-state index contributed by atoms with van der Waals surface area (Å²) in [5.74, 6) is 1.28. The van der Waals surface area contributed by atoms with E-state index in [1.54, 1.807) is 12.3 Å². The number of nitrogens with zero attached hydrogens (tertiary/aromatic N) is 4. The summed E-state index contributed by atoms with van der Waals surface area (Å²) in [5.41, 5.74) is 1.41. The maximum Gasteiger partial charge on any atom is 0.259 e. The van der Waals surface area contributed by atoms with Gasteiger partial charge in [0.05, 0.1) is 5.56 Å². The normalized spacial score (nSPS) is 13.9. The van der Waals surface area contributed by atoms with E-state index < -0.39 is 0 Å². The lowest BCUT2D eigenvalue weighted by molar-refractivity contribution is 0.102. The van der Waals surface area contributed by atoms with Gasteiger partial charge >= 0.3 is 0 Å². The average molecular weight is 257 g/mol. The fraction of sp³-hybridized carbons (Fsp3) is 0.385. The van der Waals surface area contributed by atoms with Crippen LogP contribution in [0.2, 0.25) is 0 Å². The molecule has 1 aliphatic heterocycles. The molecule has 0 aliphatic carbocycles. The third kappa shape index (κ3) is 2.33. The number of hydrogen-bond donors (Lipinski definition) is 1. The fourth-order valence-corrected chi connectivity index (χ4v) is 2.18. The van der Waals surface area contributed by atoms with Crippen molar-refractivity contribution in [1.29, 1.82) is 0 Å². The molecule has 6 nitrogen and oxygen atoms in total. The quantitative estimate of drug-likeness (QED) is 0.886. The van der Waals surface area contributed by atoms with E-state index >= 15 is 0 Å². The van der Waals surface area contributed by atoms with Crippen molar-refractivity contribution < 1.29 is 4.79 Å². The standard InChI is InChI=1S/C13H15N5O/c1-9-5-6-10(8-14-9)12(19)15-13-17-16-11-4-2-3-7-18(11)13/h5-6,8H,2-4,7H2,1H3,(H,15,17,19). The number of hydrogen-bond acceptors (Lipinski definition) is 4. The monoisotopic (exact) mass is 257 g/mol. The van der Waals surface area contributed by atoms with Crippen LogP contribution in [0.3, 0.4) is 0 Å². The van der Waals surface area contributed by atoms with E-state index in [-0.39, 0.29) is 5.91 Å². The summed E-state index contributed by atoms with van der Waals surface area (Å²) in [4.78, 5) is 16.2. The Balaban J connectivity index is 1.79. The summed E-state index contributed by atoms with van der Waals surface area (Å²) >= 11 is 0. The highest BCUT2D eigenvalue weighted by Crippen LogP contribution is 2.17. The van der Waals surface area contributed by atoms with Crippen LogP contribution in [0.25, 0.3) is 0 Å². The first-order valence-corrected chi connectivity index (χ1v) is 6.40. The highest BCUT2D eigenvalue weighted by Gasteiger charge is 2.17. The minimum atomic E-state index is -0.201. The van der Waals surface area contributed by atoms with E-state index in [9.17, 15) is 4.79 Å². The number of rotatable bonds is 2. The zero-order valence-electron chi connectivity index (χ0n) is 10.8. The van der Waals surface area contributed by atoms with Gasteiger partial charge in [-0.05, 0) is 31.9 Å². The first kappa shape index (κ1) is 11.8. The van der Waals surface area contributed by atoms with Gasteiger partial charge in [-0.1, -0.05) is 0 Å². The van der Waals surface area contributed by atoms with Crippen LogP contribution in [0.15, 0.2) is 18.3 Å². The number of aryl methyl sites for hydroxylation is 2. The summed E-state index contributed by atoms with van der Waals surface area (Å²) < 4.78 is 1.98. The van der Waals surface area contributed by atoms with E-state index in [1.807, 2.05) is 17.6 Å². The minimum absolute atomic E-state index is 0.201. The topological polar surface area (TPSA) is 72.7 Å². The number of fused-ring (bicyclic) bond motifs is 1. The largest absolute Gasteiger partial charge is 0.297 e. The molecule has 0 spiro atoms. The summed E-state index contributed by atoms with van der Waals surface area (Å²) in [6.45, 7) is 2.75. The molecule has 0 saturated carbocycles. The van der Waals surface area contributed by atoms with Gasteiger partial charge in [0, 0.05) is 24.9 Å². The zero-order chi connectivity index (χ0) is 13.2. The Kier molecular flexibility index (Phi) is 2.98. The van der Waals surface area contributed by atoms with Gasteiger partial charge in [-0.2, -0.15) is 0 Å². The number of anilines is 1. The number of aromatic nitrogens is 4. The SMILES string of the molecule is Cc1ccc(C(=O)Nc2nnc3n2CCCC3)cn1. The highest BCUT2D eigenvalue weighted by atomic mass is 16.1. The van der Waals surface area contributed by atoms with Crippen LogP contribution in [0.5, 0.6) is 0 Å². The second-order valence-corrected chi connectivity index (χ2v) is 4.69. The van der Waals surface area contributed by atoms with Crippen molar-refractivity contribution in [2.24, 2.45) is 0 Å². The Morgan fingerprint density at radius 1 is 1.32 bits per heavy atom. The Bertz CT molecular complexity index is 602. The van der Waals surface area contributed by atoms with Crippen molar-refractivity contribution in [3.8, 4) is 0 Å². The van der Waals surface area contributed by atoms with Crippen molar-refractivity contribution in [3.63, 3.8) is 0 Å². The Morgan fingerprint density at radius 2 is 2.21 bits per heavy atom. The molecule has 1 N–H and O–H groups in total. The maximum absolute atomic E-state index is 12.1. The number of carbonyl (C=O) groups is 1. The second kappa shape index (κ2) is 4.79. The third-order valence-corrected chi connectivity index (χ3v) is 3.26. The second-order valence-electron chi connectivity index (χ2n) is 4.69. The van der Waals surface area contributed by atoms with Crippen molar-refractivity contribution in [1.82, 2.24) is 19.7 Å². The molecule has 98 valence electrons. The van der Waals surface area contributed by atoms with Gasteiger partial charge in [0.15, 0.2) is 0 Å². The average Bonchev–Trinajstić information content (AvgIpc) is 2.83. The Morgan fingerprint density at radius 3 is 3.00 bits per heavy atom. The molecule has 1 amide bonds. The van der Waals surface area contributed by atoms with Gasteiger partial charge in [0.2, 0.25) is 5.95 Å². The highest BCUT2D eigenvalue weighted by molar-refractivity contribution is 6.03. The first-order chi connectivity index (χ1) is 9.24. The lowest BCUT2D eigenvalue weighted by Crippen LogP contribution is -2.18. The van der Waals surface area contributed by atoms with E-state index in [4.69, 9.17) is 0 Å². The summed E-state index contributed by atoms with van der Waals surface area (Å²) in [6.07, 6.45) is 4.72.